The van der Waals surface area contributed by atoms with Crippen molar-refractivity contribution < 1.29 is 42.1 Å². The monoisotopic (exact) mass is 1870 g/mol. The molecule has 8 aliphatic rings. The van der Waals surface area contributed by atoms with Gasteiger partial charge in [-0.3, -0.25) is 4.98 Å². The molecule has 8 fully saturated rings. The second-order valence-electron chi connectivity index (χ2n) is 35.9. The number of hydrogen-bond donors (Lipinski definition) is 5. The van der Waals surface area contributed by atoms with Crippen LogP contribution >= 0.6 is 0 Å². The van der Waals surface area contributed by atoms with E-state index in [-0.39, 0.29) is 43.7 Å². The second kappa shape index (κ2) is 44.1. The molecule has 0 spiro atoms. The number of likely N-dealkylation sites (tertiary alicyclic amines) is 1. The van der Waals surface area contributed by atoms with Crippen molar-refractivity contribution >= 4 is 55.8 Å². The van der Waals surface area contributed by atoms with Crippen molar-refractivity contribution in [2.24, 2.45) is 23.7 Å². The van der Waals surface area contributed by atoms with E-state index < -0.39 is 50.1 Å². The smallest absolute Gasteiger partial charge is 0.240 e. The van der Waals surface area contributed by atoms with E-state index in [9.17, 15) is 42.1 Å². The molecule has 4 aromatic carbocycles. The van der Waals surface area contributed by atoms with Crippen molar-refractivity contribution in [1.82, 2.24) is 119 Å². The fourth-order valence-electron chi connectivity index (χ4n) is 19.5. The molecular weight excluding hydrogens is 1740 g/mol. The predicted octanol–water partition coefficient (Wildman–Crippen LogP) is 11.4. The van der Waals surface area contributed by atoms with Crippen LogP contribution in [0, 0.1) is 23.7 Å². The molecule has 0 bridgehead atoms. The van der Waals surface area contributed by atoms with Crippen LogP contribution in [-0.2, 0) is 75.8 Å². The molecule has 0 radical (unpaired) electrons. The third-order valence-corrected chi connectivity index (χ3v) is 34.2. The highest BCUT2D eigenvalue weighted by molar-refractivity contribution is 7.90. The average Bonchev–Trinajstić information content (AvgIpc) is 1.77. The molecule has 4 saturated heterocycles. The van der Waals surface area contributed by atoms with Gasteiger partial charge in [-0.15, -0.1) is 40.8 Å². The topological polar surface area (TPSA) is 428 Å². The third-order valence-electron chi connectivity index (χ3n) is 27.2. The molecule has 4 aliphatic heterocycles. The highest BCUT2D eigenvalue weighted by atomic mass is 32.2. The molecule has 700 valence electrons. The van der Waals surface area contributed by atoms with E-state index in [0.29, 0.717) is 78.5 Å². The molecule has 9 aromatic rings. The van der Waals surface area contributed by atoms with E-state index in [1.807, 2.05) is 43.5 Å². The Labute approximate surface area is 761 Å². The molecule has 4 aliphatic carbocycles. The number of hydrogen-bond acceptors (Lipinski definition) is 26. The van der Waals surface area contributed by atoms with Crippen molar-refractivity contribution in [3.8, 4) is 45.6 Å². The van der Waals surface area contributed by atoms with Gasteiger partial charge in [0, 0.05) is 73.4 Å². The van der Waals surface area contributed by atoms with Crippen LogP contribution in [-0.4, -0.2) is 224 Å². The van der Waals surface area contributed by atoms with Crippen molar-refractivity contribution in [3.63, 3.8) is 0 Å². The Kier molecular flexibility index (Phi) is 32.9. The summed E-state index contributed by atoms with van der Waals surface area (Å²) in [4.78, 5) is 16.4. The first-order chi connectivity index (χ1) is 62.1. The van der Waals surface area contributed by atoms with Crippen LogP contribution in [0.5, 0.6) is 0 Å². The molecule has 0 unspecified atom stereocenters. The lowest BCUT2D eigenvalue weighted by Gasteiger charge is -2.32. The minimum Gasteiger partial charge on any atom is -0.375 e. The molecule has 129 heavy (non-hydrogen) atoms. The zero-order valence-corrected chi connectivity index (χ0v) is 79.5. The Morgan fingerprint density at radius 3 is 0.938 bits per heavy atom. The summed E-state index contributed by atoms with van der Waals surface area (Å²) in [5, 5.41) is 56.7. The molecular formula is C89H129N25O10S5. The Morgan fingerprint density at radius 1 is 0.380 bits per heavy atom. The first kappa shape index (κ1) is 96.2. The van der Waals surface area contributed by atoms with Crippen LogP contribution in [0.15, 0.2) is 129 Å². The Balaban J connectivity index is 0.000000139. The van der Waals surface area contributed by atoms with E-state index in [1.54, 1.807) is 73.9 Å². The Hall–Kier alpha value is -8.84. The molecule has 5 aromatic heterocycles. The number of anilines is 1. The van der Waals surface area contributed by atoms with Crippen molar-refractivity contribution in [1.29, 1.82) is 0 Å². The van der Waals surface area contributed by atoms with Crippen LogP contribution in [0.1, 0.15) is 233 Å². The number of nitrogens with zero attached hydrogens (tertiary/aromatic N) is 20. The zero-order chi connectivity index (χ0) is 90.9. The lowest BCUT2D eigenvalue weighted by molar-refractivity contribution is 0.206. The van der Waals surface area contributed by atoms with Crippen LogP contribution < -0.4 is 29.1 Å². The van der Waals surface area contributed by atoms with Gasteiger partial charge in [-0.2, -0.15) is 19.2 Å². The second-order valence-corrected chi connectivity index (χ2v) is 45.5. The predicted molar refractivity (Wildman–Crippen MR) is 494 cm³/mol. The summed E-state index contributed by atoms with van der Waals surface area (Å²) < 4.78 is 134. The van der Waals surface area contributed by atoms with Gasteiger partial charge in [0.05, 0.1) is 61.9 Å². The largest absolute Gasteiger partial charge is 0.375 e. The number of aromatic nitrogens is 17. The molecule has 9 heterocycles. The lowest BCUT2D eigenvalue weighted by Crippen LogP contribution is -2.38. The standard InChI is InChI=1S/C25H33N7O2S.C23H34N6O2S.C21H32N6O4S2.C20H30N6O2S/c1-26-35(33,34)23-10-9-20(16-19-6-3-2-4-7-19)24(17-23)25-28-30-32(29-25)21-11-14-31(15-12-21)22-8-5-13-27-18-22;1-17(2)28-13-11-20(12-14-28)29-26-23(25-27-29)22-16-21(32(30,31)24-3)10-9-19(22)15-18-7-5-4-6-8-18;1-22-33(30,31)19-9-8-17(14-16-6-4-3-5-7-16)20(15-19)21-23-25-27(24-21)18-10-12-26(13-11-18)32(2,28)29;1-21-29(27,28)18-8-7-16(13-15-5-3-2-4-6-15)19(14-18)20-23-25-26(24-20)17-9-11-22-12-10-17/h5,8-10,13,17-19,21,26H,2-4,6-7,11-12,14-16H2,1H3;9-10,16,18,20,24H,1,4-8,11-15H2,2-3H3;8-9,15-16,18,22H,3-7,10-14H2,1-2H3;7-8,14-15,17,21-22H,2-6,9-13H2,1H3. The zero-order valence-electron chi connectivity index (χ0n) is 75.4. The summed E-state index contributed by atoms with van der Waals surface area (Å²) in [6.07, 6.45) is 40.3. The van der Waals surface area contributed by atoms with Gasteiger partial charge in [0.25, 0.3) is 0 Å². The Morgan fingerprint density at radius 2 is 0.667 bits per heavy atom. The number of rotatable bonds is 27. The fourth-order valence-corrected chi connectivity index (χ4v) is 23.4. The maximum Gasteiger partial charge on any atom is 0.240 e. The van der Waals surface area contributed by atoms with Crippen LogP contribution in [0.3, 0.4) is 0 Å². The minimum atomic E-state index is -3.61. The molecule has 0 amide bonds. The molecule has 5 N–H and O–H groups in total. The highest BCUT2D eigenvalue weighted by Crippen LogP contribution is 2.39. The first-order valence-electron chi connectivity index (χ1n) is 46.3. The number of tetrazole rings is 4. The van der Waals surface area contributed by atoms with Gasteiger partial charge in [-0.1, -0.05) is 159 Å². The Bertz CT molecular complexity index is 5800. The van der Waals surface area contributed by atoms with E-state index in [0.717, 1.165) is 154 Å². The summed E-state index contributed by atoms with van der Waals surface area (Å²) in [6, 6.07) is 25.7. The summed E-state index contributed by atoms with van der Waals surface area (Å²) in [6.45, 7) is 12.5. The number of nitrogens with one attached hydrogen (secondary N) is 5. The lowest BCUT2D eigenvalue weighted by atomic mass is 9.84. The molecule has 4 saturated carbocycles. The average molecular weight is 1870 g/mol. The van der Waals surface area contributed by atoms with Gasteiger partial charge >= 0.3 is 0 Å². The summed E-state index contributed by atoms with van der Waals surface area (Å²) in [5.74, 6) is 4.36. The fraction of sp³-hybridized carbons (Fsp3) is 0.607. The van der Waals surface area contributed by atoms with E-state index >= 15 is 0 Å². The van der Waals surface area contributed by atoms with Gasteiger partial charge in [0.15, 0.2) is 0 Å². The van der Waals surface area contributed by atoms with Crippen LogP contribution in [0.25, 0.3) is 45.6 Å². The SMILES string of the molecule is C=C(C)N1CCC(n2nnc(-c3cc(S(=O)(=O)NC)ccc3CC3CCCCC3)n2)CC1.CNS(=O)(=O)c1ccc(CC2CCCCC2)c(-c2nnn(C3CCN(S(C)(=O)=O)CC3)n2)c1.CNS(=O)(=O)c1ccc(CC2CCCCC2)c(-c2nnn(C3CCN(c4cccnc4)CC3)n2)c1.CNS(=O)(=O)c1ccc(CC2CCCCC2)c(-c2nnn(C3CCNCC3)n2)c1. The van der Waals surface area contributed by atoms with E-state index in [2.05, 4.69) is 103 Å². The van der Waals surface area contributed by atoms with Crippen LogP contribution in [0.4, 0.5) is 5.69 Å². The summed E-state index contributed by atoms with van der Waals surface area (Å²) in [5.41, 5.74) is 9.58. The van der Waals surface area contributed by atoms with Gasteiger partial charge < -0.3 is 15.1 Å². The number of piperidine rings is 4. The van der Waals surface area contributed by atoms with Crippen molar-refractivity contribution in [2.75, 3.05) is 91.7 Å². The van der Waals surface area contributed by atoms with E-state index in [1.165, 1.54) is 167 Å². The molecule has 35 nitrogen and oxygen atoms in total. The van der Waals surface area contributed by atoms with Gasteiger partial charge in [0.1, 0.15) is 0 Å². The number of benzene rings is 4. The third kappa shape index (κ3) is 25.1. The van der Waals surface area contributed by atoms with Crippen molar-refractivity contribution in [3.05, 3.63) is 132 Å². The number of allylic oxidation sites excluding steroid dienone is 1. The highest BCUT2D eigenvalue weighted by Gasteiger charge is 2.33. The molecule has 0 atom stereocenters. The summed E-state index contributed by atoms with van der Waals surface area (Å²) >= 11 is 0. The first-order valence-corrected chi connectivity index (χ1v) is 54.1. The van der Waals surface area contributed by atoms with Gasteiger partial charge in [-0.05, 0) is 253 Å². The number of pyridine rings is 1. The molecule has 40 heteroatoms. The maximum atomic E-state index is 12.5. The van der Waals surface area contributed by atoms with E-state index in [4.69, 9.17) is 10.2 Å². The minimum absolute atomic E-state index is 0.0460. The van der Waals surface area contributed by atoms with Crippen molar-refractivity contribution in [2.45, 2.75) is 256 Å². The normalized spacial score (nSPS) is 19.0. The van der Waals surface area contributed by atoms with Gasteiger partial charge in [0.2, 0.25) is 73.4 Å². The van der Waals surface area contributed by atoms with Crippen LogP contribution in [0.2, 0.25) is 0 Å². The quantitative estimate of drug-likeness (QED) is 0.0319. The molecule has 17 rings (SSSR count). The maximum absolute atomic E-state index is 12.5. The summed E-state index contributed by atoms with van der Waals surface area (Å²) in [7, 11) is -11.8. The van der Waals surface area contributed by atoms with Gasteiger partial charge in [-0.25, -0.2) is 65.3 Å². The number of sulfonamides is 5.